The van der Waals surface area contributed by atoms with E-state index in [2.05, 4.69) is 16.4 Å². The Hall–Kier alpha value is -2.86. The Bertz CT molecular complexity index is 1070. The van der Waals surface area contributed by atoms with Crippen LogP contribution in [0, 0.1) is 6.92 Å². The molecule has 4 rings (SSSR count). The summed E-state index contributed by atoms with van der Waals surface area (Å²) in [5, 5.41) is 13.8. The van der Waals surface area contributed by atoms with E-state index in [1.165, 1.54) is 0 Å². The molecule has 1 aliphatic carbocycles. The van der Waals surface area contributed by atoms with Crippen molar-refractivity contribution < 1.29 is 9.90 Å². The highest BCUT2D eigenvalue weighted by Crippen LogP contribution is 2.27. The summed E-state index contributed by atoms with van der Waals surface area (Å²) in [4.78, 5) is 29.0. The van der Waals surface area contributed by atoms with Gasteiger partial charge in [0.1, 0.15) is 5.56 Å². The van der Waals surface area contributed by atoms with Crippen LogP contribution in [0.3, 0.4) is 0 Å². The van der Waals surface area contributed by atoms with E-state index in [-0.39, 0.29) is 29.2 Å². The first-order valence-electron chi connectivity index (χ1n) is 10.3. The summed E-state index contributed by atoms with van der Waals surface area (Å²) < 4.78 is 1.67. The quantitative estimate of drug-likeness (QED) is 0.623. The summed E-state index contributed by atoms with van der Waals surface area (Å²) in [6.07, 6.45) is 7.06. The lowest BCUT2D eigenvalue weighted by Crippen LogP contribution is -2.37. The number of nitrogens with one attached hydrogen (secondary N) is 2. The lowest BCUT2D eigenvalue weighted by atomic mass is 9.92. The van der Waals surface area contributed by atoms with Crippen molar-refractivity contribution in [3.63, 3.8) is 0 Å². The van der Waals surface area contributed by atoms with Gasteiger partial charge in [0.15, 0.2) is 0 Å². The zero-order valence-electron chi connectivity index (χ0n) is 16.6. The molecule has 3 aromatic rings. The molecule has 1 aromatic carbocycles. The molecule has 0 unspecified atom stereocenters. The zero-order chi connectivity index (χ0) is 20.4. The molecule has 1 fully saturated rings. The number of amides is 1. The monoisotopic (exact) mass is 393 g/mol. The lowest BCUT2D eigenvalue weighted by molar-refractivity contribution is 0.0947. The van der Waals surface area contributed by atoms with Gasteiger partial charge in [-0.15, -0.1) is 0 Å². The van der Waals surface area contributed by atoms with E-state index in [1.54, 1.807) is 17.7 Å². The highest BCUT2D eigenvalue weighted by Gasteiger charge is 2.24. The zero-order valence-corrected chi connectivity index (χ0v) is 16.6. The minimum Gasteiger partial charge on any atom is -0.393 e. The summed E-state index contributed by atoms with van der Waals surface area (Å²) in [7, 11) is 0. The van der Waals surface area contributed by atoms with Crippen molar-refractivity contribution in [2.45, 2.75) is 51.2 Å². The summed E-state index contributed by atoms with van der Waals surface area (Å²) in [5.74, 6) is -0.322. The summed E-state index contributed by atoms with van der Waals surface area (Å²) in [6, 6.07) is 9.95. The molecular weight excluding hydrogens is 366 g/mol. The summed E-state index contributed by atoms with van der Waals surface area (Å²) >= 11 is 0. The number of H-pyrrole nitrogens is 1. The fraction of sp³-hybridized carbons (Fsp3) is 0.391. The van der Waals surface area contributed by atoms with Crippen molar-refractivity contribution in [1.82, 2.24) is 14.9 Å². The Morgan fingerprint density at radius 3 is 2.76 bits per heavy atom. The number of pyridine rings is 1. The highest BCUT2D eigenvalue weighted by atomic mass is 16.3. The van der Waals surface area contributed by atoms with Crippen molar-refractivity contribution in [3.8, 4) is 0 Å². The number of benzene rings is 1. The molecule has 0 atom stereocenters. The van der Waals surface area contributed by atoms with Crippen LogP contribution in [0.1, 0.15) is 53.2 Å². The number of fused-ring (bicyclic) bond motifs is 1. The molecule has 0 spiro atoms. The number of aliphatic hydroxyl groups is 1. The SMILES string of the molecule is Cc1ccn(C2CCC(O)CC2)c(=O)c1C(=O)NCCc1c[nH]c2ccccc12. The van der Waals surface area contributed by atoms with E-state index in [0.717, 1.165) is 29.3 Å². The molecule has 2 heterocycles. The Labute approximate surface area is 169 Å². The van der Waals surface area contributed by atoms with Crippen LogP contribution in [0.15, 0.2) is 47.5 Å². The van der Waals surface area contributed by atoms with E-state index in [1.807, 2.05) is 30.5 Å². The minimum absolute atomic E-state index is 0.0456. The number of aliphatic hydroxyl groups excluding tert-OH is 1. The predicted molar refractivity (Wildman–Crippen MR) is 113 cm³/mol. The predicted octanol–water partition coefficient (Wildman–Crippen LogP) is 3.09. The van der Waals surface area contributed by atoms with Crippen molar-refractivity contribution in [3.05, 3.63) is 69.8 Å². The second kappa shape index (κ2) is 8.25. The first-order valence-corrected chi connectivity index (χ1v) is 10.3. The molecule has 1 saturated carbocycles. The van der Waals surface area contributed by atoms with E-state index in [4.69, 9.17) is 0 Å². The van der Waals surface area contributed by atoms with E-state index < -0.39 is 0 Å². The molecule has 1 aliphatic rings. The maximum absolute atomic E-state index is 13.0. The van der Waals surface area contributed by atoms with Crippen LogP contribution in [-0.2, 0) is 6.42 Å². The van der Waals surface area contributed by atoms with Crippen molar-refractivity contribution in [2.24, 2.45) is 0 Å². The summed E-state index contributed by atoms with van der Waals surface area (Å²) in [5.41, 5.74) is 2.89. The van der Waals surface area contributed by atoms with Crippen LogP contribution < -0.4 is 10.9 Å². The highest BCUT2D eigenvalue weighted by molar-refractivity contribution is 5.95. The molecule has 0 saturated heterocycles. The molecular formula is C23H27N3O3. The first kappa shape index (κ1) is 19.5. The largest absolute Gasteiger partial charge is 0.393 e. The number of aromatic nitrogens is 2. The van der Waals surface area contributed by atoms with Crippen LogP contribution in [0.2, 0.25) is 0 Å². The van der Waals surface area contributed by atoms with Gasteiger partial charge in [0, 0.05) is 35.9 Å². The number of para-hydroxylation sites is 1. The standard InChI is InChI=1S/C23H27N3O3/c1-15-11-13-26(17-6-8-18(27)9-7-17)23(29)21(15)22(28)24-12-10-16-14-25-20-5-3-2-4-19(16)20/h2-5,11,13-14,17-18,25,27H,6-10,12H2,1H3,(H,24,28). The van der Waals surface area contributed by atoms with Crippen LogP contribution in [0.25, 0.3) is 10.9 Å². The molecule has 152 valence electrons. The fourth-order valence-electron chi connectivity index (χ4n) is 4.28. The van der Waals surface area contributed by atoms with Gasteiger partial charge in [-0.3, -0.25) is 9.59 Å². The van der Waals surface area contributed by atoms with E-state index >= 15 is 0 Å². The van der Waals surface area contributed by atoms with Gasteiger partial charge < -0.3 is 20.0 Å². The molecule has 6 heteroatoms. The maximum atomic E-state index is 13.0. The number of rotatable bonds is 5. The van der Waals surface area contributed by atoms with Gasteiger partial charge in [0.25, 0.3) is 11.5 Å². The molecule has 0 radical (unpaired) electrons. The molecule has 29 heavy (non-hydrogen) atoms. The topological polar surface area (TPSA) is 87.1 Å². The first-order chi connectivity index (χ1) is 14.0. The Kier molecular flexibility index (Phi) is 5.53. The normalized spacial score (nSPS) is 19.4. The van der Waals surface area contributed by atoms with Crippen LogP contribution in [-0.4, -0.2) is 33.2 Å². The minimum atomic E-state index is -0.322. The fourth-order valence-corrected chi connectivity index (χ4v) is 4.28. The third-order valence-corrected chi connectivity index (χ3v) is 5.97. The van der Waals surface area contributed by atoms with Crippen molar-refractivity contribution >= 4 is 16.8 Å². The number of aromatic amines is 1. The Morgan fingerprint density at radius 2 is 1.97 bits per heavy atom. The number of hydrogen-bond acceptors (Lipinski definition) is 3. The number of hydrogen-bond donors (Lipinski definition) is 3. The van der Waals surface area contributed by atoms with Gasteiger partial charge in [-0.05, 0) is 62.3 Å². The molecule has 0 aliphatic heterocycles. The number of aryl methyl sites for hydroxylation is 1. The van der Waals surface area contributed by atoms with Gasteiger partial charge in [-0.25, -0.2) is 0 Å². The number of nitrogens with zero attached hydrogens (tertiary/aromatic N) is 1. The smallest absolute Gasteiger partial charge is 0.263 e. The molecule has 6 nitrogen and oxygen atoms in total. The molecule has 0 bridgehead atoms. The van der Waals surface area contributed by atoms with Gasteiger partial charge in [0.05, 0.1) is 6.10 Å². The second-order valence-corrected chi connectivity index (χ2v) is 7.91. The van der Waals surface area contributed by atoms with Gasteiger partial charge in [0.2, 0.25) is 0 Å². The lowest BCUT2D eigenvalue weighted by Gasteiger charge is -2.27. The Morgan fingerprint density at radius 1 is 1.21 bits per heavy atom. The average molecular weight is 393 g/mol. The van der Waals surface area contributed by atoms with Gasteiger partial charge in [-0.1, -0.05) is 18.2 Å². The van der Waals surface area contributed by atoms with Crippen LogP contribution in [0.5, 0.6) is 0 Å². The van der Waals surface area contributed by atoms with Crippen molar-refractivity contribution in [2.75, 3.05) is 6.54 Å². The molecule has 1 amide bonds. The average Bonchev–Trinajstić information content (AvgIpc) is 3.12. The molecule has 3 N–H and O–H groups in total. The van der Waals surface area contributed by atoms with Gasteiger partial charge in [-0.2, -0.15) is 0 Å². The maximum Gasteiger partial charge on any atom is 0.263 e. The van der Waals surface area contributed by atoms with E-state index in [0.29, 0.717) is 31.4 Å². The van der Waals surface area contributed by atoms with Crippen molar-refractivity contribution in [1.29, 1.82) is 0 Å². The van der Waals surface area contributed by atoms with Crippen LogP contribution in [0.4, 0.5) is 0 Å². The molecule has 2 aromatic heterocycles. The number of carbonyl (C=O) groups is 1. The van der Waals surface area contributed by atoms with Crippen LogP contribution >= 0.6 is 0 Å². The third-order valence-electron chi connectivity index (χ3n) is 5.97. The second-order valence-electron chi connectivity index (χ2n) is 7.91. The third kappa shape index (κ3) is 3.98. The summed E-state index contributed by atoms with van der Waals surface area (Å²) in [6.45, 7) is 2.26. The van der Waals surface area contributed by atoms with E-state index in [9.17, 15) is 14.7 Å². The Balaban J connectivity index is 1.46. The van der Waals surface area contributed by atoms with Gasteiger partial charge >= 0.3 is 0 Å². The number of carbonyl (C=O) groups excluding carboxylic acids is 1.